The van der Waals surface area contributed by atoms with Gasteiger partial charge in [-0.3, -0.25) is 4.90 Å². The van der Waals surface area contributed by atoms with E-state index in [0.717, 1.165) is 51.0 Å². The van der Waals surface area contributed by atoms with Crippen LogP contribution < -0.4 is 10.1 Å². The molecule has 0 aliphatic carbocycles. The zero-order valence-electron chi connectivity index (χ0n) is 12.9. The Bertz CT molecular complexity index is 425. The number of hydrogen-bond acceptors (Lipinski definition) is 3. The maximum Gasteiger partial charge on any atom is 0.131 e. The van der Waals surface area contributed by atoms with Crippen LogP contribution in [0.4, 0.5) is 4.39 Å². The molecular formula is C16H26ClFN2O. The van der Waals surface area contributed by atoms with Gasteiger partial charge in [-0.05, 0) is 12.5 Å². The first kappa shape index (κ1) is 18.2. The molecule has 1 aliphatic rings. The van der Waals surface area contributed by atoms with Gasteiger partial charge in [-0.15, -0.1) is 12.4 Å². The summed E-state index contributed by atoms with van der Waals surface area (Å²) in [5, 5.41) is 3.35. The molecule has 0 saturated carbocycles. The molecule has 0 radical (unpaired) electrons. The van der Waals surface area contributed by atoms with Crippen LogP contribution in [0.5, 0.6) is 5.75 Å². The number of halogens is 2. The molecule has 1 aromatic carbocycles. The van der Waals surface area contributed by atoms with Crippen molar-refractivity contribution in [2.75, 3.05) is 33.3 Å². The predicted molar refractivity (Wildman–Crippen MR) is 86.9 cm³/mol. The van der Waals surface area contributed by atoms with Crippen molar-refractivity contribution in [2.45, 2.75) is 32.2 Å². The van der Waals surface area contributed by atoms with E-state index in [1.54, 1.807) is 7.11 Å². The molecule has 1 fully saturated rings. The highest BCUT2D eigenvalue weighted by molar-refractivity contribution is 5.85. The van der Waals surface area contributed by atoms with Gasteiger partial charge in [0.25, 0.3) is 0 Å². The zero-order valence-corrected chi connectivity index (χ0v) is 13.7. The Kier molecular flexibility index (Phi) is 8.01. The monoisotopic (exact) mass is 316 g/mol. The summed E-state index contributed by atoms with van der Waals surface area (Å²) in [6.07, 6.45) is 3.28. The van der Waals surface area contributed by atoms with Crippen LogP contribution in [0.1, 0.15) is 37.8 Å². The fraction of sp³-hybridized carbons (Fsp3) is 0.625. The highest BCUT2D eigenvalue weighted by Crippen LogP contribution is 2.30. The van der Waals surface area contributed by atoms with Gasteiger partial charge < -0.3 is 10.1 Å². The summed E-state index contributed by atoms with van der Waals surface area (Å²) in [5.74, 6) is 0.435. The summed E-state index contributed by atoms with van der Waals surface area (Å²) in [6, 6.07) is 5.43. The molecule has 0 bridgehead atoms. The van der Waals surface area contributed by atoms with E-state index in [9.17, 15) is 4.39 Å². The molecule has 0 unspecified atom stereocenters. The second-order valence-corrected chi connectivity index (χ2v) is 5.33. The Morgan fingerprint density at radius 1 is 1.33 bits per heavy atom. The summed E-state index contributed by atoms with van der Waals surface area (Å²) < 4.78 is 19.4. The molecule has 1 saturated heterocycles. The second-order valence-electron chi connectivity index (χ2n) is 5.33. The molecule has 0 spiro atoms. The molecule has 1 atom stereocenters. The lowest BCUT2D eigenvalue weighted by Crippen LogP contribution is -2.45. The topological polar surface area (TPSA) is 24.5 Å². The molecule has 1 aliphatic heterocycles. The zero-order chi connectivity index (χ0) is 14.4. The fourth-order valence-corrected chi connectivity index (χ4v) is 2.83. The van der Waals surface area contributed by atoms with Crippen LogP contribution in [0.2, 0.25) is 0 Å². The van der Waals surface area contributed by atoms with Gasteiger partial charge in [0.15, 0.2) is 0 Å². The lowest BCUT2D eigenvalue weighted by molar-refractivity contribution is 0.160. The Hall–Kier alpha value is -0.840. The smallest absolute Gasteiger partial charge is 0.131 e. The van der Waals surface area contributed by atoms with E-state index in [2.05, 4.69) is 17.1 Å². The van der Waals surface area contributed by atoms with Gasteiger partial charge >= 0.3 is 0 Å². The molecule has 120 valence electrons. The first-order valence-corrected chi connectivity index (χ1v) is 7.54. The molecule has 3 nitrogen and oxygen atoms in total. The Morgan fingerprint density at radius 3 is 2.62 bits per heavy atom. The van der Waals surface area contributed by atoms with Crippen molar-refractivity contribution in [3.05, 3.63) is 29.6 Å². The molecule has 2 rings (SSSR count). The largest absolute Gasteiger partial charge is 0.497 e. The van der Waals surface area contributed by atoms with Crippen LogP contribution in [0.15, 0.2) is 18.2 Å². The standard InChI is InChI=1S/C16H25FN2O.ClH/c1-3-4-5-16(19-10-8-18-9-11-19)14-7-6-13(20-2)12-15(14)17;/h6-7,12,16,18H,3-5,8-11H2,1-2H3;1H/t16-;/m1./s1. The third-order valence-electron chi connectivity index (χ3n) is 3.99. The van der Waals surface area contributed by atoms with Crippen LogP contribution >= 0.6 is 12.4 Å². The van der Waals surface area contributed by atoms with E-state index < -0.39 is 0 Å². The third kappa shape index (κ3) is 4.83. The number of hydrogen-bond donors (Lipinski definition) is 1. The van der Waals surface area contributed by atoms with Crippen molar-refractivity contribution < 1.29 is 9.13 Å². The quantitative estimate of drug-likeness (QED) is 0.870. The maximum atomic E-state index is 14.3. The average molecular weight is 317 g/mol. The van der Waals surface area contributed by atoms with Crippen molar-refractivity contribution >= 4 is 12.4 Å². The maximum absolute atomic E-state index is 14.3. The Morgan fingerprint density at radius 2 is 2.05 bits per heavy atom. The van der Waals surface area contributed by atoms with Gasteiger partial charge in [-0.2, -0.15) is 0 Å². The number of unbranched alkanes of at least 4 members (excludes halogenated alkanes) is 1. The molecule has 0 aromatic heterocycles. The van der Waals surface area contributed by atoms with Crippen LogP contribution in [0.25, 0.3) is 0 Å². The number of nitrogens with one attached hydrogen (secondary N) is 1. The summed E-state index contributed by atoms with van der Waals surface area (Å²) >= 11 is 0. The van der Waals surface area contributed by atoms with Crippen molar-refractivity contribution in [3.63, 3.8) is 0 Å². The van der Waals surface area contributed by atoms with Gasteiger partial charge in [0.2, 0.25) is 0 Å². The SMILES string of the molecule is CCCC[C@H](c1ccc(OC)cc1F)N1CCNCC1.Cl. The van der Waals surface area contributed by atoms with E-state index in [0.29, 0.717) is 5.75 Å². The van der Waals surface area contributed by atoms with Crippen molar-refractivity contribution in [3.8, 4) is 5.75 Å². The summed E-state index contributed by atoms with van der Waals surface area (Å²) in [5.41, 5.74) is 0.807. The Balaban J connectivity index is 0.00000220. The fourth-order valence-electron chi connectivity index (χ4n) is 2.83. The minimum Gasteiger partial charge on any atom is -0.497 e. The van der Waals surface area contributed by atoms with E-state index in [1.165, 1.54) is 6.07 Å². The summed E-state index contributed by atoms with van der Waals surface area (Å²) in [6.45, 7) is 6.12. The molecule has 1 aromatic rings. The van der Waals surface area contributed by atoms with E-state index >= 15 is 0 Å². The lowest BCUT2D eigenvalue weighted by atomic mass is 9.98. The van der Waals surface area contributed by atoms with Crippen LogP contribution in [-0.2, 0) is 0 Å². The average Bonchev–Trinajstić information content (AvgIpc) is 2.50. The number of ether oxygens (including phenoxy) is 1. The number of piperazine rings is 1. The van der Waals surface area contributed by atoms with Gasteiger partial charge in [-0.1, -0.05) is 25.8 Å². The number of benzene rings is 1. The van der Waals surface area contributed by atoms with Gasteiger partial charge in [0, 0.05) is 43.9 Å². The summed E-state index contributed by atoms with van der Waals surface area (Å²) in [7, 11) is 1.57. The first-order chi connectivity index (χ1) is 9.76. The normalized spacial score (nSPS) is 17.1. The van der Waals surface area contributed by atoms with E-state index in [1.807, 2.05) is 12.1 Å². The second kappa shape index (κ2) is 9.23. The first-order valence-electron chi connectivity index (χ1n) is 7.54. The minimum absolute atomic E-state index is 0. The molecule has 1 N–H and O–H groups in total. The van der Waals surface area contributed by atoms with Gasteiger partial charge in [0.1, 0.15) is 11.6 Å². The molecule has 21 heavy (non-hydrogen) atoms. The van der Waals surface area contributed by atoms with Crippen LogP contribution in [0.3, 0.4) is 0 Å². The summed E-state index contributed by atoms with van der Waals surface area (Å²) in [4.78, 5) is 2.40. The highest BCUT2D eigenvalue weighted by atomic mass is 35.5. The Labute approximate surface area is 133 Å². The third-order valence-corrected chi connectivity index (χ3v) is 3.99. The van der Waals surface area contributed by atoms with Crippen molar-refractivity contribution in [1.29, 1.82) is 0 Å². The van der Waals surface area contributed by atoms with Crippen LogP contribution in [-0.4, -0.2) is 38.2 Å². The molecule has 0 amide bonds. The molecule has 1 heterocycles. The van der Waals surface area contributed by atoms with Gasteiger partial charge in [-0.25, -0.2) is 4.39 Å². The minimum atomic E-state index is -0.149. The lowest BCUT2D eigenvalue weighted by Gasteiger charge is -2.35. The van der Waals surface area contributed by atoms with E-state index in [-0.39, 0.29) is 24.3 Å². The number of methoxy groups -OCH3 is 1. The van der Waals surface area contributed by atoms with Crippen LogP contribution in [0, 0.1) is 5.82 Å². The van der Waals surface area contributed by atoms with Crippen molar-refractivity contribution in [2.24, 2.45) is 0 Å². The van der Waals surface area contributed by atoms with Crippen molar-refractivity contribution in [1.82, 2.24) is 10.2 Å². The molecule has 5 heteroatoms. The number of nitrogens with zero attached hydrogens (tertiary/aromatic N) is 1. The predicted octanol–water partition coefficient (Wildman–Crippen LogP) is 3.39. The van der Waals surface area contributed by atoms with Gasteiger partial charge in [0.05, 0.1) is 7.11 Å². The highest BCUT2D eigenvalue weighted by Gasteiger charge is 2.24. The van der Waals surface area contributed by atoms with E-state index in [4.69, 9.17) is 4.74 Å². The number of rotatable bonds is 6. The molecular weight excluding hydrogens is 291 g/mol.